The number of carbonyl (C=O) groups excluding carboxylic acids is 1. The Kier molecular flexibility index (Phi) is 21.1. The molecule has 4 aliphatic carbocycles. The lowest BCUT2D eigenvalue weighted by Crippen LogP contribution is -2.67. The van der Waals surface area contributed by atoms with E-state index in [1.165, 1.54) is 20.8 Å². The molecule has 0 aromatic carbocycles. The lowest BCUT2D eigenvalue weighted by atomic mass is 9.47. The highest BCUT2D eigenvalue weighted by Gasteiger charge is 2.64. The van der Waals surface area contributed by atoms with Gasteiger partial charge in [-0.05, 0) is 113 Å². The summed E-state index contributed by atoms with van der Waals surface area (Å²) in [7, 11) is -4.89. The van der Waals surface area contributed by atoms with E-state index in [2.05, 4.69) is 19.9 Å². The molecule has 5 saturated heterocycles. The minimum Gasteiger partial charge on any atom is -0.394 e. The first-order chi connectivity index (χ1) is 40.1. The summed E-state index contributed by atoms with van der Waals surface area (Å²) in [6.07, 6.45) is -37.5. The lowest BCUT2D eigenvalue weighted by molar-refractivity contribution is -0.398. The van der Waals surface area contributed by atoms with Gasteiger partial charge in [-0.25, -0.2) is 4.18 Å². The predicted molar refractivity (Wildman–Crippen MR) is 290 cm³/mol. The van der Waals surface area contributed by atoms with Crippen molar-refractivity contribution in [3.63, 3.8) is 0 Å². The van der Waals surface area contributed by atoms with E-state index in [1.807, 2.05) is 20.8 Å². The Morgan fingerprint density at radius 2 is 1.19 bits per heavy atom. The van der Waals surface area contributed by atoms with Crippen LogP contribution in [0.3, 0.4) is 0 Å². The van der Waals surface area contributed by atoms with E-state index in [0.29, 0.717) is 32.1 Å². The molecule has 29 heteroatoms. The van der Waals surface area contributed by atoms with Crippen molar-refractivity contribution in [2.45, 2.75) is 279 Å². The number of allylic oxidation sites excluding steroid dienone is 2. The maximum atomic E-state index is 13.5. The Labute approximate surface area is 500 Å². The smallest absolute Gasteiger partial charge is 0.394 e. The Balaban J connectivity index is 0.983. The number of Topliss-reactive ketones (excluding diaryl/α,β-unsaturated/α-hetero) is 1. The third kappa shape index (κ3) is 13.3. The van der Waals surface area contributed by atoms with Gasteiger partial charge in [0.05, 0.1) is 49.3 Å². The summed E-state index contributed by atoms with van der Waals surface area (Å²) < 4.78 is 100. The standard InChI is InChI=1S/C57H94O28S/c1-21(2)22(3)31(59)18-57(9,71)35-11-10-28-27-17-32(30-16-26(85-86(72,73)74)12-14-55(30,7)29(27)13-15-56(28,35)8)79-52-46(70)47(38(62)25(6)78-52)82-53-48(83-50-44(68)41(65)36(60)23(4)76-50)40(64)34(20-75-53)81-54-49(43(67)39(63)33(19-58)80-54)84-51-45(69)42(66)37(61)24(5)77-51/h13,21-28,30,32-54,58,60-71H,10-12,14-20H2,1-9H3,(H,72,73,74)/t22-,23-,24-,25-,26+,27+,28+,30-,32+,33-,34-,35+,36-,37+,38-,39+,40+,41+,42+,43+,44-,45-,46-,47+,48-,49-,50+,51+,52+,53+,54+,55-,56+,57+/m1/s1. The van der Waals surface area contributed by atoms with Crippen LogP contribution < -0.4 is 0 Å². The molecule has 14 N–H and O–H groups in total. The second-order valence-electron chi connectivity index (χ2n) is 27.0. The zero-order chi connectivity index (χ0) is 63.2. The van der Waals surface area contributed by atoms with Gasteiger partial charge in [-0.2, -0.15) is 8.42 Å². The summed E-state index contributed by atoms with van der Waals surface area (Å²) >= 11 is 0. The highest BCUT2D eigenvalue weighted by molar-refractivity contribution is 7.80. The predicted octanol–water partition coefficient (Wildman–Crippen LogP) is -2.43. The highest BCUT2D eigenvalue weighted by atomic mass is 32.3. The van der Waals surface area contributed by atoms with Crippen LogP contribution in [-0.4, -0.2) is 264 Å². The van der Waals surface area contributed by atoms with Crippen LogP contribution in [0, 0.1) is 46.3 Å². The largest absolute Gasteiger partial charge is 0.397 e. The van der Waals surface area contributed by atoms with Gasteiger partial charge in [0, 0.05) is 12.3 Å². The van der Waals surface area contributed by atoms with Crippen molar-refractivity contribution in [3.8, 4) is 0 Å². The Morgan fingerprint density at radius 3 is 1.76 bits per heavy atom. The van der Waals surface area contributed by atoms with Crippen LogP contribution in [0.25, 0.3) is 0 Å². The fourth-order valence-corrected chi connectivity index (χ4v) is 16.2. The van der Waals surface area contributed by atoms with Crippen LogP contribution in [0.5, 0.6) is 0 Å². The number of hydrogen-bond donors (Lipinski definition) is 14. The second-order valence-corrected chi connectivity index (χ2v) is 28.1. The third-order valence-corrected chi connectivity index (χ3v) is 21.7. The molecule has 496 valence electrons. The maximum absolute atomic E-state index is 13.5. The molecule has 3 saturated carbocycles. The van der Waals surface area contributed by atoms with E-state index >= 15 is 0 Å². The minimum atomic E-state index is -4.89. The molecule has 34 atom stereocenters. The van der Waals surface area contributed by atoms with Crippen LogP contribution >= 0.6 is 0 Å². The fourth-order valence-electron chi connectivity index (χ4n) is 15.7. The molecule has 9 rings (SSSR count). The van der Waals surface area contributed by atoms with E-state index in [4.69, 9.17) is 51.6 Å². The molecule has 28 nitrogen and oxygen atoms in total. The molecule has 5 heterocycles. The van der Waals surface area contributed by atoms with Gasteiger partial charge in [0.2, 0.25) is 0 Å². The molecule has 0 unspecified atom stereocenters. The number of carbonyl (C=O) groups is 1. The summed E-state index contributed by atoms with van der Waals surface area (Å²) in [6.45, 7) is 14.5. The summed E-state index contributed by atoms with van der Waals surface area (Å²) in [5.41, 5.74) is -1.30. The Bertz CT molecular complexity index is 2460. The number of ether oxygens (including phenoxy) is 10. The van der Waals surface area contributed by atoms with E-state index in [0.717, 1.165) is 5.57 Å². The lowest BCUT2D eigenvalue weighted by Gasteiger charge is -2.60. The number of fused-ring (bicyclic) bond motifs is 5. The molecule has 86 heavy (non-hydrogen) atoms. The summed E-state index contributed by atoms with van der Waals surface area (Å²) in [5, 5.41) is 145. The number of hydrogen-bond acceptors (Lipinski definition) is 27. The van der Waals surface area contributed by atoms with Gasteiger partial charge in [-0.15, -0.1) is 0 Å². The van der Waals surface area contributed by atoms with Crippen LogP contribution in [0.1, 0.15) is 114 Å². The van der Waals surface area contributed by atoms with E-state index in [9.17, 15) is 84.1 Å². The van der Waals surface area contributed by atoms with Gasteiger partial charge in [-0.1, -0.05) is 46.3 Å². The molecule has 0 aromatic rings. The Morgan fingerprint density at radius 1 is 0.640 bits per heavy atom. The molecular formula is C57H94O28S. The SMILES string of the molecule is CC(C)[C@@H](C)C(=O)C[C@](C)(O)[C@H]1CC[C@H]2[C@@H]3C[C@H](O[C@@H]4O[C@H](C)[C@@H](O)[C@H](O[C@@H]5OC[C@@H](O[C@@H]6O[C@H](CO)[C@H](O)[C@H](O)[C@H]6O[C@@H]6O[C@H](C)[C@H](O)[C@H](O)[C@H]6O)[C@H](O)[C@H]5O[C@@H]5O[C@H](C)[C@@H](O)[C@H](O)[C@H]5O)[C@H]4O)[C@H]4C[C@@H](OS(=O)(=O)O)CC[C@]4(C)C3=CC[C@@]21C. The van der Waals surface area contributed by atoms with Crippen LogP contribution in [0.4, 0.5) is 0 Å². The average molecular weight is 1260 g/mol. The molecule has 0 radical (unpaired) electrons. The first kappa shape index (κ1) is 68.7. The van der Waals surface area contributed by atoms with Gasteiger partial charge in [-0.3, -0.25) is 9.35 Å². The topological polar surface area (TPSA) is 436 Å². The van der Waals surface area contributed by atoms with Gasteiger partial charge in [0.1, 0.15) is 103 Å². The van der Waals surface area contributed by atoms with Crippen LogP contribution in [-0.2, 0) is 66.7 Å². The van der Waals surface area contributed by atoms with Crippen LogP contribution in [0.2, 0.25) is 0 Å². The molecule has 8 fully saturated rings. The van der Waals surface area contributed by atoms with E-state index in [-0.39, 0.29) is 54.6 Å². The molecule has 0 bridgehead atoms. The quantitative estimate of drug-likeness (QED) is 0.0501. The van der Waals surface area contributed by atoms with Crippen molar-refractivity contribution in [2.75, 3.05) is 13.2 Å². The average Bonchev–Trinajstić information content (AvgIpc) is 1.31. The molecule has 0 spiro atoms. The number of ketones is 1. The van der Waals surface area contributed by atoms with Crippen molar-refractivity contribution < 1.29 is 136 Å². The van der Waals surface area contributed by atoms with Crippen molar-refractivity contribution in [3.05, 3.63) is 11.6 Å². The number of aliphatic hydroxyl groups is 13. The summed E-state index contributed by atoms with van der Waals surface area (Å²) in [5.74, 6) is -1.10. The second kappa shape index (κ2) is 26.4. The number of rotatable bonds is 18. The van der Waals surface area contributed by atoms with Crippen molar-refractivity contribution in [1.29, 1.82) is 0 Å². The van der Waals surface area contributed by atoms with Gasteiger partial charge < -0.3 is 114 Å². The van der Waals surface area contributed by atoms with E-state index in [1.54, 1.807) is 6.92 Å². The van der Waals surface area contributed by atoms with Crippen LogP contribution in [0.15, 0.2) is 11.6 Å². The van der Waals surface area contributed by atoms with E-state index < -0.39 is 206 Å². The molecule has 5 aliphatic heterocycles. The third-order valence-electron chi connectivity index (χ3n) is 21.1. The van der Waals surface area contributed by atoms with Crippen molar-refractivity contribution >= 4 is 16.2 Å². The first-order valence-corrected chi connectivity index (χ1v) is 31.7. The monoisotopic (exact) mass is 1260 g/mol. The molecular weight excluding hydrogens is 1160 g/mol. The number of aliphatic hydroxyl groups excluding tert-OH is 12. The zero-order valence-electron chi connectivity index (χ0n) is 50.0. The zero-order valence-corrected chi connectivity index (χ0v) is 50.8. The van der Waals surface area contributed by atoms with Gasteiger partial charge in [0.25, 0.3) is 0 Å². The van der Waals surface area contributed by atoms with Gasteiger partial charge in [0.15, 0.2) is 31.5 Å². The fraction of sp³-hybridized carbons (Fsp3) is 0.947. The maximum Gasteiger partial charge on any atom is 0.397 e. The molecule has 9 aliphatic rings. The minimum absolute atomic E-state index is 0.00277. The Hall–Kier alpha value is -1.64. The summed E-state index contributed by atoms with van der Waals surface area (Å²) in [4.78, 5) is 13.5. The van der Waals surface area contributed by atoms with Crippen molar-refractivity contribution in [1.82, 2.24) is 0 Å². The molecule has 0 amide bonds. The first-order valence-electron chi connectivity index (χ1n) is 30.3. The highest BCUT2D eigenvalue weighted by Crippen LogP contribution is 2.67. The molecule has 0 aromatic heterocycles. The van der Waals surface area contributed by atoms with Crippen molar-refractivity contribution in [2.24, 2.45) is 46.3 Å². The van der Waals surface area contributed by atoms with Gasteiger partial charge >= 0.3 is 10.4 Å². The normalized spacial score (nSPS) is 51.2. The summed E-state index contributed by atoms with van der Waals surface area (Å²) in [6, 6.07) is 0.